The van der Waals surface area contributed by atoms with Gasteiger partial charge in [-0.05, 0) is 37.6 Å². The molecule has 16 heavy (non-hydrogen) atoms. The van der Waals surface area contributed by atoms with Gasteiger partial charge in [0.2, 0.25) is 0 Å². The van der Waals surface area contributed by atoms with Gasteiger partial charge in [-0.25, -0.2) is 0 Å². The van der Waals surface area contributed by atoms with E-state index in [0.717, 1.165) is 32.4 Å². The van der Waals surface area contributed by atoms with Gasteiger partial charge < -0.3 is 5.11 Å². The molecule has 1 saturated heterocycles. The molecule has 1 heterocycles. The Balaban J connectivity index is 2.51. The summed E-state index contributed by atoms with van der Waals surface area (Å²) in [5, 5.41) is 8.84. The molecule has 3 heteroatoms. The van der Waals surface area contributed by atoms with Crippen molar-refractivity contribution in [3.8, 4) is 0 Å². The molecule has 0 saturated carbocycles. The van der Waals surface area contributed by atoms with Crippen LogP contribution in [0.15, 0.2) is 0 Å². The minimum atomic E-state index is -0.649. The Hall–Kier alpha value is -0.570. The maximum atomic E-state index is 10.7. The van der Waals surface area contributed by atoms with Gasteiger partial charge in [0.15, 0.2) is 0 Å². The van der Waals surface area contributed by atoms with Crippen molar-refractivity contribution in [1.82, 2.24) is 4.90 Å². The molecule has 1 fully saturated rings. The zero-order chi connectivity index (χ0) is 12.1. The molecule has 0 spiro atoms. The molecule has 2 atom stereocenters. The summed E-state index contributed by atoms with van der Waals surface area (Å²) in [5.74, 6) is 0.372. The Labute approximate surface area is 98.8 Å². The zero-order valence-electron chi connectivity index (χ0n) is 10.8. The number of nitrogens with zero attached hydrogens (tertiary/aromatic N) is 1. The van der Waals surface area contributed by atoms with Crippen LogP contribution in [0.2, 0.25) is 0 Å². The van der Waals surface area contributed by atoms with Crippen LogP contribution in [0, 0.1) is 11.8 Å². The van der Waals surface area contributed by atoms with Gasteiger partial charge in [0.25, 0.3) is 0 Å². The highest BCUT2D eigenvalue weighted by Gasteiger charge is 2.27. The minimum Gasteiger partial charge on any atom is -0.481 e. The van der Waals surface area contributed by atoms with Crippen molar-refractivity contribution in [3.63, 3.8) is 0 Å². The quantitative estimate of drug-likeness (QED) is 0.785. The molecule has 3 nitrogen and oxygen atoms in total. The van der Waals surface area contributed by atoms with E-state index in [4.69, 9.17) is 5.11 Å². The Kier molecular flexibility index (Phi) is 5.26. The van der Waals surface area contributed by atoms with Crippen molar-refractivity contribution in [3.05, 3.63) is 0 Å². The number of hydrogen-bond donors (Lipinski definition) is 1. The van der Waals surface area contributed by atoms with Gasteiger partial charge in [-0.2, -0.15) is 0 Å². The van der Waals surface area contributed by atoms with Crippen molar-refractivity contribution < 1.29 is 9.90 Å². The normalized spacial score (nSPS) is 24.6. The number of rotatable bonds is 5. The van der Waals surface area contributed by atoms with Gasteiger partial charge in [-0.1, -0.05) is 20.8 Å². The summed E-state index contributed by atoms with van der Waals surface area (Å²) in [4.78, 5) is 13.2. The third-order valence-electron chi connectivity index (χ3n) is 3.67. The lowest BCUT2D eigenvalue weighted by molar-refractivity contribution is -0.138. The summed E-state index contributed by atoms with van der Waals surface area (Å²) in [7, 11) is 0. The highest BCUT2D eigenvalue weighted by Crippen LogP contribution is 2.25. The molecule has 94 valence electrons. The van der Waals surface area contributed by atoms with E-state index in [0.29, 0.717) is 24.3 Å². The lowest BCUT2D eigenvalue weighted by Gasteiger charge is -2.39. The second kappa shape index (κ2) is 6.24. The third-order valence-corrected chi connectivity index (χ3v) is 3.67. The van der Waals surface area contributed by atoms with Crippen LogP contribution in [0.1, 0.15) is 46.5 Å². The molecule has 1 rings (SSSR count). The largest absolute Gasteiger partial charge is 0.481 e. The van der Waals surface area contributed by atoms with Crippen LogP contribution in [-0.2, 0) is 4.79 Å². The van der Waals surface area contributed by atoms with E-state index in [9.17, 15) is 4.79 Å². The number of carboxylic acids is 1. The summed E-state index contributed by atoms with van der Waals surface area (Å²) in [6.07, 6.45) is 3.74. The van der Waals surface area contributed by atoms with E-state index >= 15 is 0 Å². The summed E-state index contributed by atoms with van der Waals surface area (Å²) in [6.45, 7) is 8.87. The number of carbonyl (C=O) groups is 1. The van der Waals surface area contributed by atoms with E-state index in [-0.39, 0.29) is 0 Å². The van der Waals surface area contributed by atoms with Crippen LogP contribution >= 0.6 is 0 Å². The van der Waals surface area contributed by atoms with Gasteiger partial charge in [-0.15, -0.1) is 0 Å². The molecule has 0 radical (unpaired) electrons. The predicted octanol–water partition coefficient (Wildman–Crippen LogP) is 2.61. The van der Waals surface area contributed by atoms with Gasteiger partial charge in [0, 0.05) is 19.0 Å². The van der Waals surface area contributed by atoms with Crippen molar-refractivity contribution in [2.75, 3.05) is 13.1 Å². The first kappa shape index (κ1) is 13.5. The van der Waals surface area contributed by atoms with Crippen molar-refractivity contribution in [1.29, 1.82) is 0 Å². The van der Waals surface area contributed by atoms with Crippen LogP contribution < -0.4 is 0 Å². The van der Waals surface area contributed by atoms with Gasteiger partial charge in [0.05, 0.1) is 0 Å². The van der Waals surface area contributed by atoms with Crippen LogP contribution in [-0.4, -0.2) is 35.1 Å². The second-order valence-corrected chi connectivity index (χ2v) is 5.32. The molecule has 2 unspecified atom stereocenters. The molecule has 0 aromatic carbocycles. The smallest absolute Gasteiger partial charge is 0.303 e. The number of likely N-dealkylation sites (tertiary alicyclic amines) is 1. The van der Waals surface area contributed by atoms with Crippen LogP contribution in [0.25, 0.3) is 0 Å². The SMILES string of the molecule is CCC(C(C)C)N1CCCC(CC(=O)O)C1. The molecule has 0 bridgehead atoms. The van der Waals surface area contributed by atoms with E-state index in [1.165, 1.54) is 0 Å². The van der Waals surface area contributed by atoms with Gasteiger partial charge in [-0.3, -0.25) is 9.69 Å². The summed E-state index contributed by atoms with van der Waals surface area (Å²) in [6, 6.07) is 0.622. The molecule has 0 aromatic rings. The standard InChI is InChI=1S/C13H25NO2/c1-4-12(10(2)3)14-7-5-6-11(9-14)8-13(15)16/h10-12H,4-9H2,1-3H3,(H,15,16). The van der Waals surface area contributed by atoms with E-state index in [1.54, 1.807) is 0 Å². The Morgan fingerprint density at radius 3 is 2.69 bits per heavy atom. The first-order valence-electron chi connectivity index (χ1n) is 6.50. The first-order valence-corrected chi connectivity index (χ1v) is 6.50. The predicted molar refractivity (Wildman–Crippen MR) is 65.5 cm³/mol. The summed E-state index contributed by atoms with van der Waals surface area (Å²) >= 11 is 0. The highest BCUT2D eigenvalue weighted by molar-refractivity contribution is 5.67. The molecule has 1 aliphatic rings. The number of hydrogen-bond acceptors (Lipinski definition) is 2. The number of piperidine rings is 1. The molecule has 0 amide bonds. The van der Waals surface area contributed by atoms with E-state index in [2.05, 4.69) is 25.7 Å². The Bertz CT molecular complexity index is 228. The van der Waals surface area contributed by atoms with Crippen molar-refractivity contribution in [2.24, 2.45) is 11.8 Å². The van der Waals surface area contributed by atoms with Gasteiger partial charge >= 0.3 is 5.97 Å². The number of carboxylic acid groups (broad SMARTS) is 1. The summed E-state index contributed by atoms with van der Waals surface area (Å²) in [5.41, 5.74) is 0. The maximum absolute atomic E-state index is 10.7. The fourth-order valence-electron chi connectivity index (χ4n) is 2.96. The van der Waals surface area contributed by atoms with Crippen LogP contribution in [0.4, 0.5) is 0 Å². The van der Waals surface area contributed by atoms with Crippen LogP contribution in [0.3, 0.4) is 0 Å². The molecule has 1 aliphatic heterocycles. The third kappa shape index (κ3) is 3.78. The summed E-state index contributed by atoms with van der Waals surface area (Å²) < 4.78 is 0. The fraction of sp³-hybridized carbons (Fsp3) is 0.923. The molecule has 1 N–H and O–H groups in total. The zero-order valence-corrected chi connectivity index (χ0v) is 10.8. The van der Waals surface area contributed by atoms with E-state index in [1.807, 2.05) is 0 Å². The average molecular weight is 227 g/mol. The average Bonchev–Trinajstić information content (AvgIpc) is 2.17. The first-order chi connectivity index (χ1) is 7.54. The minimum absolute atomic E-state index is 0.338. The molecule has 0 aromatic heterocycles. The van der Waals surface area contributed by atoms with Crippen LogP contribution in [0.5, 0.6) is 0 Å². The topological polar surface area (TPSA) is 40.5 Å². The fourth-order valence-corrected chi connectivity index (χ4v) is 2.96. The maximum Gasteiger partial charge on any atom is 0.303 e. The van der Waals surface area contributed by atoms with Gasteiger partial charge in [0.1, 0.15) is 0 Å². The lowest BCUT2D eigenvalue weighted by Crippen LogP contribution is -2.45. The van der Waals surface area contributed by atoms with E-state index < -0.39 is 5.97 Å². The Morgan fingerprint density at radius 2 is 2.19 bits per heavy atom. The molecule has 0 aliphatic carbocycles. The number of aliphatic carboxylic acids is 1. The molecular formula is C13H25NO2. The molecular weight excluding hydrogens is 202 g/mol. The lowest BCUT2D eigenvalue weighted by atomic mass is 9.91. The van der Waals surface area contributed by atoms with Crippen molar-refractivity contribution >= 4 is 5.97 Å². The Morgan fingerprint density at radius 1 is 1.50 bits per heavy atom. The second-order valence-electron chi connectivity index (χ2n) is 5.32. The monoisotopic (exact) mass is 227 g/mol. The van der Waals surface area contributed by atoms with Crippen molar-refractivity contribution in [2.45, 2.75) is 52.5 Å². The highest BCUT2D eigenvalue weighted by atomic mass is 16.4.